The molecule has 178 valence electrons. The molecule has 2 atom stereocenters. The highest BCUT2D eigenvalue weighted by Gasteiger charge is 2.35. The molecule has 0 radical (unpaired) electrons. The summed E-state index contributed by atoms with van der Waals surface area (Å²) in [6, 6.07) is 23.4. The van der Waals surface area contributed by atoms with Crippen molar-refractivity contribution in [2.75, 3.05) is 27.2 Å². The van der Waals surface area contributed by atoms with Crippen LogP contribution >= 0.6 is 23.2 Å². The molecule has 3 aromatic carbocycles. The van der Waals surface area contributed by atoms with Gasteiger partial charge >= 0.3 is 0 Å². The SMILES string of the molecule is COc1ccc(C2(c3cccc(-c4cc(Cl)cc(Cl)c4)c3)C=NCC(C#N)CN(C)C(N)=N2)cc1. The van der Waals surface area contributed by atoms with Gasteiger partial charge in [-0.1, -0.05) is 53.5 Å². The lowest BCUT2D eigenvalue weighted by atomic mass is 9.83. The Kier molecular flexibility index (Phi) is 7.30. The van der Waals surface area contributed by atoms with Crippen LogP contribution in [0, 0.1) is 17.2 Å². The molecule has 6 nitrogen and oxygen atoms in total. The zero-order valence-corrected chi connectivity index (χ0v) is 21.0. The van der Waals surface area contributed by atoms with Crippen molar-refractivity contribution in [3.05, 3.63) is 87.9 Å². The van der Waals surface area contributed by atoms with Gasteiger partial charge in [0.15, 0.2) is 5.96 Å². The molecule has 35 heavy (non-hydrogen) atoms. The molecule has 0 aliphatic carbocycles. The topological polar surface area (TPSA) is 87.0 Å². The lowest BCUT2D eigenvalue weighted by Gasteiger charge is -2.29. The van der Waals surface area contributed by atoms with Gasteiger partial charge in [-0.25, -0.2) is 4.99 Å². The summed E-state index contributed by atoms with van der Waals surface area (Å²) in [6.45, 7) is 0.772. The molecule has 3 aromatic rings. The number of ether oxygens (including phenoxy) is 1. The van der Waals surface area contributed by atoms with Crippen molar-refractivity contribution in [3.8, 4) is 22.9 Å². The molecule has 0 bridgehead atoms. The standard InChI is InChI=1S/C27H25Cl2N5O/c1-34-16-18(14-30)15-32-17-27(33-26(34)31,21-6-8-25(35-2)9-7-21)22-5-3-4-19(10-22)20-11-23(28)13-24(29)12-20/h3-13,17-18H,15-16H2,1-2H3,(H2,31,33). The Morgan fingerprint density at radius 1 is 1.03 bits per heavy atom. The molecule has 0 saturated carbocycles. The molecule has 0 saturated heterocycles. The summed E-state index contributed by atoms with van der Waals surface area (Å²) in [6.07, 6.45) is 1.79. The maximum absolute atomic E-state index is 9.57. The zero-order chi connectivity index (χ0) is 25.0. The van der Waals surface area contributed by atoms with Crippen LogP contribution in [-0.4, -0.2) is 44.3 Å². The predicted molar refractivity (Wildman–Crippen MR) is 142 cm³/mol. The Morgan fingerprint density at radius 3 is 2.40 bits per heavy atom. The average molecular weight is 506 g/mol. The third-order valence-electron chi connectivity index (χ3n) is 5.99. The van der Waals surface area contributed by atoms with Crippen molar-refractivity contribution >= 4 is 35.4 Å². The number of hydrogen-bond acceptors (Lipinski definition) is 6. The van der Waals surface area contributed by atoms with Gasteiger partial charge in [0.25, 0.3) is 0 Å². The molecule has 2 N–H and O–H groups in total. The van der Waals surface area contributed by atoms with Crippen LogP contribution in [-0.2, 0) is 5.54 Å². The summed E-state index contributed by atoms with van der Waals surface area (Å²) >= 11 is 12.5. The first-order valence-corrected chi connectivity index (χ1v) is 11.8. The fourth-order valence-corrected chi connectivity index (χ4v) is 4.64. The molecule has 2 unspecified atom stereocenters. The van der Waals surface area contributed by atoms with Gasteiger partial charge in [-0.05, 0) is 58.7 Å². The number of rotatable bonds is 4. The number of aliphatic imine (C=N–C) groups is 2. The Hall–Kier alpha value is -3.53. The van der Waals surface area contributed by atoms with E-state index >= 15 is 0 Å². The van der Waals surface area contributed by atoms with E-state index in [1.807, 2.05) is 67.7 Å². The van der Waals surface area contributed by atoms with E-state index in [0.29, 0.717) is 29.1 Å². The van der Waals surface area contributed by atoms with Gasteiger partial charge in [0.05, 0.1) is 25.6 Å². The van der Waals surface area contributed by atoms with Crippen LogP contribution < -0.4 is 10.5 Å². The van der Waals surface area contributed by atoms with Crippen LogP contribution in [0.1, 0.15) is 11.1 Å². The fourth-order valence-electron chi connectivity index (χ4n) is 4.12. The van der Waals surface area contributed by atoms with E-state index in [9.17, 15) is 5.26 Å². The predicted octanol–water partition coefficient (Wildman–Crippen LogP) is 5.38. The Balaban J connectivity index is 1.95. The van der Waals surface area contributed by atoms with Crippen molar-refractivity contribution in [3.63, 3.8) is 0 Å². The summed E-state index contributed by atoms with van der Waals surface area (Å²) < 4.78 is 5.36. The molecule has 1 aliphatic heterocycles. The van der Waals surface area contributed by atoms with E-state index in [1.165, 1.54) is 0 Å². The van der Waals surface area contributed by atoms with Gasteiger partial charge in [-0.2, -0.15) is 5.26 Å². The van der Waals surface area contributed by atoms with Crippen molar-refractivity contribution in [2.45, 2.75) is 5.54 Å². The molecular formula is C27H25Cl2N5O. The monoisotopic (exact) mass is 505 g/mol. The minimum absolute atomic E-state index is 0.309. The summed E-state index contributed by atoms with van der Waals surface area (Å²) in [5, 5.41) is 10.7. The molecule has 8 heteroatoms. The van der Waals surface area contributed by atoms with Gasteiger partial charge in [0.2, 0.25) is 0 Å². The van der Waals surface area contributed by atoms with Crippen LogP contribution in [0.15, 0.2) is 76.7 Å². The van der Waals surface area contributed by atoms with Crippen LogP contribution in [0.4, 0.5) is 0 Å². The van der Waals surface area contributed by atoms with Crippen LogP contribution in [0.5, 0.6) is 5.75 Å². The number of halogens is 2. The second-order valence-corrected chi connectivity index (χ2v) is 9.28. The van der Waals surface area contributed by atoms with Crippen molar-refractivity contribution in [1.82, 2.24) is 4.90 Å². The molecule has 0 fully saturated rings. The number of nitrogens with two attached hydrogens (primary N) is 1. The zero-order valence-electron chi connectivity index (χ0n) is 19.5. The first-order valence-electron chi connectivity index (χ1n) is 11.0. The molecule has 1 heterocycles. The Labute approximate surface area is 215 Å². The maximum Gasteiger partial charge on any atom is 0.192 e. The van der Waals surface area contributed by atoms with E-state index in [-0.39, 0.29) is 5.92 Å². The minimum atomic E-state index is -1.03. The lowest BCUT2D eigenvalue weighted by molar-refractivity contribution is 0.414. The van der Waals surface area contributed by atoms with E-state index < -0.39 is 5.54 Å². The number of nitriles is 1. The van der Waals surface area contributed by atoms with E-state index in [0.717, 1.165) is 28.0 Å². The van der Waals surface area contributed by atoms with Crippen LogP contribution in [0.2, 0.25) is 10.0 Å². The van der Waals surface area contributed by atoms with E-state index in [1.54, 1.807) is 24.3 Å². The van der Waals surface area contributed by atoms with Crippen LogP contribution in [0.25, 0.3) is 11.1 Å². The highest BCUT2D eigenvalue weighted by atomic mass is 35.5. The van der Waals surface area contributed by atoms with E-state index in [4.69, 9.17) is 38.7 Å². The van der Waals surface area contributed by atoms with Crippen LogP contribution in [0.3, 0.4) is 0 Å². The third kappa shape index (κ3) is 5.27. The number of hydrogen-bond donors (Lipinski definition) is 1. The smallest absolute Gasteiger partial charge is 0.192 e. The molecular weight excluding hydrogens is 481 g/mol. The normalized spacial score (nSPS) is 20.3. The fraction of sp³-hybridized carbons (Fsp3) is 0.222. The second kappa shape index (κ2) is 10.4. The van der Waals surface area contributed by atoms with Gasteiger partial charge in [0.1, 0.15) is 11.3 Å². The number of guanidine groups is 1. The number of nitrogens with zero attached hydrogens (tertiary/aromatic N) is 4. The third-order valence-corrected chi connectivity index (χ3v) is 6.43. The van der Waals surface area contributed by atoms with Gasteiger partial charge in [0, 0.05) is 29.9 Å². The molecule has 1 aliphatic rings. The van der Waals surface area contributed by atoms with Crippen molar-refractivity contribution in [1.29, 1.82) is 5.26 Å². The lowest BCUT2D eigenvalue weighted by Crippen LogP contribution is -2.40. The first kappa shape index (κ1) is 24.6. The molecule has 4 rings (SSSR count). The summed E-state index contributed by atoms with van der Waals surface area (Å²) in [7, 11) is 3.45. The maximum atomic E-state index is 9.57. The van der Waals surface area contributed by atoms with Crippen molar-refractivity contribution in [2.24, 2.45) is 21.6 Å². The highest BCUT2D eigenvalue weighted by molar-refractivity contribution is 6.35. The quantitative estimate of drug-likeness (QED) is 0.515. The average Bonchev–Trinajstić information content (AvgIpc) is 2.92. The molecule has 0 aromatic heterocycles. The van der Waals surface area contributed by atoms with E-state index in [2.05, 4.69) is 11.1 Å². The highest BCUT2D eigenvalue weighted by Crippen LogP contribution is 2.37. The summed E-state index contributed by atoms with van der Waals surface area (Å²) in [4.78, 5) is 11.5. The minimum Gasteiger partial charge on any atom is -0.497 e. The Morgan fingerprint density at radius 2 is 1.74 bits per heavy atom. The summed E-state index contributed by atoms with van der Waals surface area (Å²) in [5.41, 5.74) is 8.95. The van der Waals surface area contributed by atoms with Gasteiger partial charge in [-0.3, -0.25) is 4.99 Å². The van der Waals surface area contributed by atoms with Crippen molar-refractivity contribution < 1.29 is 4.74 Å². The number of methoxy groups -OCH3 is 1. The largest absolute Gasteiger partial charge is 0.497 e. The molecule has 0 spiro atoms. The van der Waals surface area contributed by atoms with Gasteiger partial charge in [-0.15, -0.1) is 0 Å². The first-order chi connectivity index (χ1) is 16.8. The second-order valence-electron chi connectivity index (χ2n) is 8.40. The van der Waals surface area contributed by atoms with Gasteiger partial charge < -0.3 is 15.4 Å². The Bertz CT molecular complexity index is 1300. The molecule has 0 amide bonds. The number of benzene rings is 3. The summed E-state index contributed by atoms with van der Waals surface area (Å²) in [5.74, 6) is 0.729.